The third-order valence-electron chi connectivity index (χ3n) is 5.99. The Morgan fingerprint density at radius 3 is 2.10 bits per heavy atom. The number of nitrogens with zero attached hydrogens (tertiary/aromatic N) is 1. The molecule has 2 rings (SSSR count). The van der Waals surface area contributed by atoms with Crippen LogP contribution in [0.3, 0.4) is 0 Å². The Hall–Kier alpha value is -0.0800. The van der Waals surface area contributed by atoms with E-state index in [1.54, 1.807) is 0 Å². The van der Waals surface area contributed by atoms with Gasteiger partial charge in [0.05, 0.1) is 6.10 Å². The Balaban J connectivity index is 1.94. The summed E-state index contributed by atoms with van der Waals surface area (Å²) >= 11 is 0. The maximum atomic E-state index is 10.4. The smallest absolute Gasteiger partial charge is 0.0695 e. The van der Waals surface area contributed by atoms with Crippen molar-refractivity contribution in [3.8, 4) is 0 Å². The van der Waals surface area contributed by atoms with Gasteiger partial charge in [-0.25, -0.2) is 0 Å². The summed E-state index contributed by atoms with van der Waals surface area (Å²) in [6.07, 6.45) is 5.93. The summed E-state index contributed by atoms with van der Waals surface area (Å²) < 4.78 is 0. The topological polar surface area (TPSA) is 23.5 Å². The summed E-state index contributed by atoms with van der Waals surface area (Å²) in [5.41, 5.74) is 0.384. The fourth-order valence-electron chi connectivity index (χ4n) is 4.23. The molecule has 1 N–H and O–H groups in total. The van der Waals surface area contributed by atoms with Crippen molar-refractivity contribution in [1.29, 1.82) is 0 Å². The van der Waals surface area contributed by atoms with Crippen molar-refractivity contribution in [1.82, 2.24) is 4.90 Å². The molecule has 1 aliphatic heterocycles. The number of hydrogen-bond donors (Lipinski definition) is 1. The normalized spacial score (nSPS) is 34.6. The molecule has 3 unspecified atom stereocenters. The molecule has 2 fully saturated rings. The van der Waals surface area contributed by atoms with Crippen LogP contribution in [0.25, 0.3) is 0 Å². The molecule has 0 aromatic heterocycles. The average molecular weight is 281 g/mol. The van der Waals surface area contributed by atoms with Crippen molar-refractivity contribution in [2.75, 3.05) is 13.1 Å². The van der Waals surface area contributed by atoms with E-state index in [0.29, 0.717) is 11.5 Å². The summed E-state index contributed by atoms with van der Waals surface area (Å²) in [4.78, 5) is 2.60. The van der Waals surface area contributed by atoms with Crippen LogP contribution in [0, 0.1) is 23.2 Å². The molecule has 2 nitrogen and oxygen atoms in total. The number of aliphatic hydroxyl groups excluding tert-OH is 1. The van der Waals surface area contributed by atoms with Crippen molar-refractivity contribution in [3.05, 3.63) is 0 Å². The highest BCUT2D eigenvalue weighted by atomic mass is 16.3. The van der Waals surface area contributed by atoms with Crippen LogP contribution in [0.1, 0.15) is 66.7 Å². The molecule has 1 aliphatic carbocycles. The van der Waals surface area contributed by atoms with Gasteiger partial charge in [0, 0.05) is 6.04 Å². The van der Waals surface area contributed by atoms with Gasteiger partial charge in [-0.3, -0.25) is 4.90 Å². The Kier molecular flexibility index (Phi) is 5.18. The lowest BCUT2D eigenvalue weighted by molar-refractivity contribution is -0.0305. The summed E-state index contributed by atoms with van der Waals surface area (Å²) in [6.45, 7) is 14.2. The van der Waals surface area contributed by atoms with E-state index in [1.807, 2.05) is 0 Å². The third-order valence-corrected chi connectivity index (χ3v) is 5.99. The minimum atomic E-state index is -0.0933. The highest BCUT2D eigenvalue weighted by Gasteiger charge is 2.38. The zero-order chi connectivity index (χ0) is 14.9. The lowest BCUT2D eigenvalue weighted by atomic mass is 9.69. The van der Waals surface area contributed by atoms with Gasteiger partial charge in [0.2, 0.25) is 0 Å². The van der Waals surface area contributed by atoms with Crippen molar-refractivity contribution in [2.24, 2.45) is 23.2 Å². The largest absolute Gasteiger partial charge is 0.391 e. The van der Waals surface area contributed by atoms with Gasteiger partial charge < -0.3 is 5.11 Å². The van der Waals surface area contributed by atoms with Gasteiger partial charge in [0.25, 0.3) is 0 Å². The first-order valence-electron chi connectivity index (χ1n) is 8.71. The van der Waals surface area contributed by atoms with E-state index in [1.165, 1.54) is 38.8 Å². The second-order valence-corrected chi connectivity index (χ2v) is 8.63. The van der Waals surface area contributed by atoms with E-state index >= 15 is 0 Å². The first-order valence-corrected chi connectivity index (χ1v) is 8.71. The number of piperidine rings is 1. The fourth-order valence-corrected chi connectivity index (χ4v) is 4.23. The minimum Gasteiger partial charge on any atom is -0.391 e. The Morgan fingerprint density at radius 1 is 1.00 bits per heavy atom. The third kappa shape index (κ3) is 3.76. The van der Waals surface area contributed by atoms with Crippen LogP contribution in [0.15, 0.2) is 0 Å². The van der Waals surface area contributed by atoms with Crippen LogP contribution in [-0.4, -0.2) is 35.2 Å². The molecule has 2 aliphatic rings. The van der Waals surface area contributed by atoms with E-state index in [4.69, 9.17) is 0 Å². The Labute approximate surface area is 125 Å². The van der Waals surface area contributed by atoms with Crippen LogP contribution in [0.2, 0.25) is 0 Å². The predicted molar refractivity (Wildman–Crippen MR) is 85.7 cm³/mol. The number of likely N-dealkylation sites (tertiary alicyclic amines) is 1. The standard InChI is InChI=1S/C18H35NO/c1-13(2)14-8-10-19(11-9-14)16-12-15(18(3,4)5)6-7-17(16)20/h13-17,20H,6-12H2,1-5H3. The predicted octanol–water partition coefficient (Wildman–Crippen LogP) is 3.93. The lowest BCUT2D eigenvalue weighted by Gasteiger charge is -2.47. The van der Waals surface area contributed by atoms with Crippen LogP contribution in [0.5, 0.6) is 0 Å². The zero-order valence-electron chi connectivity index (χ0n) is 14.2. The molecule has 0 aromatic carbocycles. The van der Waals surface area contributed by atoms with Crippen LogP contribution in [-0.2, 0) is 0 Å². The minimum absolute atomic E-state index is 0.0933. The van der Waals surface area contributed by atoms with Crippen molar-refractivity contribution < 1.29 is 5.11 Å². The Morgan fingerprint density at radius 2 is 1.60 bits per heavy atom. The molecular weight excluding hydrogens is 246 g/mol. The van der Waals surface area contributed by atoms with E-state index < -0.39 is 0 Å². The van der Waals surface area contributed by atoms with E-state index in [-0.39, 0.29) is 6.10 Å². The molecule has 0 bridgehead atoms. The fraction of sp³-hybridized carbons (Fsp3) is 1.00. The van der Waals surface area contributed by atoms with Crippen LogP contribution < -0.4 is 0 Å². The maximum Gasteiger partial charge on any atom is 0.0695 e. The average Bonchev–Trinajstić information content (AvgIpc) is 2.38. The number of aliphatic hydroxyl groups is 1. The molecular formula is C18H35NO. The van der Waals surface area contributed by atoms with Crippen molar-refractivity contribution in [3.63, 3.8) is 0 Å². The highest BCUT2D eigenvalue weighted by Crippen LogP contribution is 2.40. The molecule has 1 saturated carbocycles. The van der Waals surface area contributed by atoms with E-state index in [9.17, 15) is 5.11 Å². The molecule has 2 heteroatoms. The summed E-state index contributed by atoms with van der Waals surface area (Å²) in [6, 6.07) is 0.418. The second-order valence-electron chi connectivity index (χ2n) is 8.63. The maximum absolute atomic E-state index is 10.4. The second kappa shape index (κ2) is 6.36. The first kappa shape index (κ1) is 16.3. The van der Waals surface area contributed by atoms with Gasteiger partial charge >= 0.3 is 0 Å². The van der Waals surface area contributed by atoms with Gasteiger partial charge in [0.1, 0.15) is 0 Å². The van der Waals surface area contributed by atoms with Crippen molar-refractivity contribution in [2.45, 2.75) is 78.9 Å². The van der Waals surface area contributed by atoms with Gasteiger partial charge in [-0.05, 0) is 68.4 Å². The van der Waals surface area contributed by atoms with Gasteiger partial charge in [0.15, 0.2) is 0 Å². The molecule has 0 radical (unpaired) electrons. The van der Waals surface area contributed by atoms with Crippen molar-refractivity contribution >= 4 is 0 Å². The molecule has 3 atom stereocenters. The molecule has 118 valence electrons. The molecule has 20 heavy (non-hydrogen) atoms. The van der Waals surface area contributed by atoms with E-state index in [0.717, 1.165) is 24.2 Å². The van der Waals surface area contributed by atoms with E-state index in [2.05, 4.69) is 39.5 Å². The summed E-state index contributed by atoms with van der Waals surface area (Å²) in [5.74, 6) is 2.47. The van der Waals surface area contributed by atoms with Gasteiger partial charge in [-0.1, -0.05) is 34.6 Å². The Bertz CT molecular complexity index is 299. The van der Waals surface area contributed by atoms with Gasteiger partial charge in [-0.2, -0.15) is 0 Å². The molecule has 0 amide bonds. The quantitative estimate of drug-likeness (QED) is 0.829. The van der Waals surface area contributed by atoms with Crippen LogP contribution in [0.4, 0.5) is 0 Å². The summed E-state index contributed by atoms with van der Waals surface area (Å²) in [7, 11) is 0. The van der Waals surface area contributed by atoms with Crippen LogP contribution >= 0.6 is 0 Å². The highest BCUT2D eigenvalue weighted by molar-refractivity contribution is 4.92. The monoisotopic (exact) mass is 281 g/mol. The number of hydrogen-bond acceptors (Lipinski definition) is 2. The molecule has 0 aromatic rings. The first-order chi connectivity index (χ1) is 9.29. The van der Waals surface area contributed by atoms with Gasteiger partial charge in [-0.15, -0.1) is 0 Å². The number of rotatable bonds is 2. The molecule has 1 saturated heterocycles. The SMILES string of the molecule is CC(C)C1CCN(C2CC(C(C)(C)C)CCC2O)CC1. The summed E-state index contributed by atoms with van der Waals surface area (Å²) in [5, 5.41) is 10.4. The lowest BCUT2D eigenvalue weighted by Crippen LogP contribution is -2.51. The zero-order valence-corrected chi connectivity index (χ0v) is 14.2. The molecule has 1 heterocycles. The molecule has 0 spiro atoms.